The topological polar surface area (TPSA) is 38.3 Å². The summed E-state index contributed by atoms with van der Waals surface area (Å²) in [7, 11) is 0. The highest BCUT2D eigenvalue weighted by Gasteiger charge is 2.29. The standard InChI is InChI=1S/C16H31NO2/c1-12(2)6-7-14(16(3,4)5)17-15(18)13-8-10-19-11-9-13/h12-14H,6-11H2,1-5H3,(H,17,18). The van der Waals surface area contributed by atoms with E-state index in [1.54, 1.807) is 0 Å². The number of amides is 1. The van der Waals surface area contributed by atoms with Crippen LogP contribution in [-0.2, 0) is 9.53 Å². The molecule has 1 rings (SSSR count). The van der Waals surface area contributed by atoms with Crippen molar-refractivity contribution in [1.82, 2.24) is 5.32 Å². The minimum absolute atomic E-state index is 0.121. The van der Waals surface area contributed by atoms with Crippen LogP contribution < -0.4 is 5.32 Å². The highest BCUT2D eigenvalue weighted by atomic mass is 16.5. The molecule has 1 unspecified atom stereocenters. The molecule has 1 heterocycles. The Morgan fingerprint density at radius 2 is 1.79 bits per heavy atom. The first-order chi connectivity index (χ1) is 8.80. The number of carbonyl (C=O) groups is 1. The van der Waals surface area contributed by atoms with Crippen molar-refractivity contribution >= 4 is 5.91 Å². The minimum atomic E-state index is 0.121. The number of carbonyl (C=O) groups excluding carboxylic acids is 1. The van der Waals surface area contributed by atoms with Crippen molar-refractivity contribution in [2.45, 2.75) is 66.3 Å². The molecule has 0 spiro atoms. The van der Waals surface area contributed by atoms with Gasteiger partial charge in [-0.2, -0.15) is 0 Å². The zero-order valence-electron chi connectivity index (χ0n) is 13.3. The molecule has 1 N–H and O–H groups in total. The monoisotopic (exact) mass is 269 g/mol. The lowest BCUT2D eigenvalue weighted by Gasteiger charge is -2.34. The van der Waals surface area contributed by atoms with Crippen LogP contribution in [0, 0.1) is 17.3 Å². The van der Waals surface area contributed by atoms with Crippen LogP contribution >= 0.6 is 0 Å². The summed E-state index contributed by atoms with van der Waals surface area (Å²) in [6.07, 6.45) is 3.96. The lowest BCUT2D eigenvalue weighted by atomic mass is 9.82. The first-order valence-corrected chi connectivity index (χ1v) is 7.69. The van der Waals surface area contributed by atoms with E-state index in [-0.39, 0.29) is 23.3 Å². The molecule has 3 heteroatoms. The summed E-state index contributed by atoms with van der Waals surface area (Å²) in [5.74, 6) is 1.06. The molecule has 19 heavy (non-hydrogen) atoms. The number of nitrogens with one attached hydrogen (secondary N) is 1. The lowest BCUT2D eigenvalue weighted by molar-refractivity contribution is -0.129. The maximum absolute atomic E-state index is 12.3. The van der Waals surface area contributed by atoms with Gasteiger partial charge in [-0.1, -0.05) is 34.6 Å². The van der Waals surface area contributed by atoms with Crippen LogP contribution in [0.15, 0.2) is 0 Å². The Balaban J connectivity index is 2.53. The van der Waals surface area contributed by atoms with Crippen molar-refractivity contribution in [3.05, 3.63) is 0 Å². The van der Waals surface area contributed by atoms with Gasteiger partial charge in [-0.15, -0.1) is 0 Å². The van der Waals surface area contributed by atoms with Crippen molar-refractivity contribution in [1.29, 1.82) is 0 Å². The van der Waals surface area contributed by atoms with E-state index in [0.717, 1.165) is 38.9 Å². The van der Waals surface area contributed by atoms with E-state index in [1.807, 2.05) is 0 Å². The molecule has 0 aromatic rings. The van der Waals surface area contributed by atoms with Crippen LogP contribution in [0.25, 0.3) is 0 Å². The Labute approximate surface area is 118 Å². The predicted molar refractivity (Wildman–Crippen MR) is 79.0 cm³/mol. The van der Waals surface area contributed by atoms with E-state index in [1.165, 1.54) is 0 Å². The number of ether oxygens (including phenoxy) is 1. The van der Waals surface area contributed by atoms with Crippen molar-refractivity contribution in [3.63, 3.8) is 0 Å². The number of hydrogen-bond donors (Lipinski definition) is 1. The van der Waals surface area contributed by atoms with Gasteiger partial charge < -0.3 is 10.1 Å². The van der Waals surface area contributed by atoms with Gasteiger partial charge in [-0.25, -0.2) is 0 Å². The summed E-state index contributed by atoms with van der Waals surface area (Å²) in [6, 6.07) is 0.269. The maximum atomic E-state index is 12.3. The fraction of sp³-hybridized carbons (Fsp3) is 0.938. The molecule has 1 aliphatic heterocycles. The molecular weight excluding hydrogens is 238 g/mol. The second-order valence-electron chi connectivity index (χ2n) is 7.29. The zero-order chi connectivity index (χ0) is 14.5. The second kappa shape index (κ2) is 7.28. The maximum Gasteiger partial charge on any atom is 0.223 e. The van der Waals surface area contributed by atoms with Crippen LogP contribution in [0.4, 0.5) is 0 Å². The Kier molecular flexibility index (Phi) is 6.31. The summed E-state index contributed by atoms with van der Waals surface area (Å²) < 4.78 is 5.32. The Bertz CT molecular complexity index is 275. The third-order valence-corrected chi connectivity index (χ3v) is 3.99. The van der Waals surface area contributed by atoms with Gasteiger partial charge in [0.1, 0.15) is 0 Å². The molecule has 0 aromatic carbocycles. The summed E-state index contributed by atoms with van der Waals surface area (Å²) in [5.41, 5.74) is 0.121. The number of rotatable bonds is 5. The van der Waals surface area contributed by atoms with Crippen LogP contribution in [0.5, 0.6) is 0 Å². The normalized spacial score (nSPS) is 19.5. The largest absolute Gasteiger partial charge is 0.381 e. The van der Waals surface area contributed by atoms with Crippen molar-refractivity contribution in [2.75, 3.05) is 13.2 Å². The van der Waals surface area contributed by atoms with Gasteiger partial charge in [-0.05, 0) is 37.0 Å². The molecule has 0 aliphatic carbocycles. The summed E-state index contributed by atoms with van der Waals surface area (Å²) >= 11 is 0. The molecular formula is C16H31NO2. The predicted octanol–water partition coefficient (Wildman–Crippen LogP) is 3.38. The summed E-state index contributed by atoms with van der Waals surface area (Å²) in [4.78, 5) is 12.3. The van der Waals surface area contributed by atoms with Crippen LogP contribution in [-0.4, -0.2) is 25.2 Å². The molecule has 0 aromatic heterocycles. The lowest BCUT2D eigenvalue weighted by Crippen LogP contribution is -2.47. The molecule has 1 amide bonds. The van der Waals surface area contributed by atoms with Gasteiger partial charge in [0.05, 0.1) is 0 Å². The average molecular weight is 269 g/mol. The van der Waals surface area contributed by atoms with E-state index >= 15 is 0 Å². The third-order valence-electron chi connectivity index (χ3n) is 3.99. The van der Waals surface area contributed by atoms with Gasteiger partial charge in [0, 0.05) is 25.2 Å². The molecule has 1 fully saturated rings. The highest BCUT2D eigenvalue weighted by Crippen LogP contribution is 2.25. The smallest absolute Gasteiger partial charge is 0.223 e. The first-order valence-electron chi connectivity index (χ1n) is 7.69. The van der Waals surface area contributed by atoms with E-state index in [0.29, 0.717) is 5.92 Å². The van der Waals surface area contributed by atoms with Gasteiger partial charge in [0.15, 0.2) is 0 Å². The Hall–Kier alpha value is -0.570. The van der Waals surface area contributed by atoms with E-state index < -0.39 is 0 Å². The Morgan fingerprint density at radius 3 is 2.26 bits per heavy atom. The molecule has 1 aliphatic rings. The van der Waals surface area contributed by atoms with Crippen molar-refractivity contribution < 1.29 is 9.53 Å². The molecule has 3 nitrogen and oxygen atoms in total. The molecule has 1 atom stereocenters. The molecule has 1 saturated heterocycles. The second-order valence-corrected chi connectivity index (χ2v) is 7.29. The summed E-state index contributed by atoms with van der Waals surface area (Å²) in [5, 5.41) is 3.29. The highest BCUT2D eigenvalue weighted by molar-refractivity contribution is 5.79. The van der Waals surface area contributed by atoms with Gasteiger partial charge in [0.2, 0.25) is 5.91 Å². The average Bonchev–Trinajstić information content (AvgIpc) is 2.33. The molecule has 0 radical (unpaired) electrons. The minimum Gasteiger partial charge on any atom is -0.381 e. The zero-order valence-corrected chi connectivity index (χ0v) is 13.3. The SMILES string of the molecule is CC(C)CCC(NC(=O)C1CCOCC1)C(C)(C)C. The van der Waals surface area contributed by atoms with Crippen molar-refractivity contribution in [2.24, 2.45) is 17.3 Å². The van der Waals surface area contributed by atoms with Crippen molar-refractivity contribution in [3.8, 4) is 0 Å². The third kappa shape index (κ3) is 5.94. The fourth-order valence-electron chi connectivity index (χ4n) is 2.47. The number of hydrogen-bond acceptors (Lipinski definition) is 2. The van der Waals surface area contributed by atoms with Gasteiger partial charge in [-0.3, -0.25) is 4.79 Å². The van der Waals surface area contributed by atoms with Crippen LogP contribution in [0.1, 0.15) is 60.3 Å². The van der Waals surface area contributed by atoms with E-state index in [2.05, 4.69) is 39.9 Å². The van der Waals surface area contributed by atoms with Crippen LogP contribution in [0.3, 0.4) is 0 Å². The van der Waals surface area contributed by atoms with E-state index in [4.69, 9.17) is 4.74 Å². The first kappa shape index (κ1) is 16.5. The fourth-order valence-corrected chi connectivity index (χ4v) is 2.47. The molecule has 0 saturated carbocycles. The van der Waals surface area contributed by atoms with Gasteiger partial charge >= 0.3 is 0 Å². The Morgan fingerprint density at radius 1 is 1.21 bits per heavy atom. The quantitative estimate of drug-likeness (QED) is 0.831. The molecule has 112 valence electrons. The molecule has 0 bridgehead atoms. The summed E-state index contributed by atoms with van der Waals surface area (Å²) in [6.45, 7) is 12.6. The van der Waals surface area contributed by atoms with Gasteiger partial charge in [0.25, 0.3) is 0 Å². The van der Waals surface area contributed by atoms with Crippen LogP contribution in [0.2, 0.25) is 0 Å². The van der Waals surface area contributed by atoms with E-state index in [9.17, 15) is 4.79 Å².